The Kier molecular flexibility index (Phi) is 5.39. The number of carbonyl (C=O) groups is 2. The van der Waals surface area contributed by atoms with Crippen LogP contribution in [-0.2, 0) is 9.59 Å². The SMILES string of the molecule is Cc1cccc(C)c1OCC(=O)NNC(=O)C1c2ccccc2Oc2ccccc21. The standard InChI is InChI=1S/C24H22N2O4/c1-15-8-7-9-16(2)23(15)29-14-21(27)25-26-24(28)22-17-10-3-5-12-19(17)30-20-13-6-4-11-18(20)22/h3-13,22H,14H2,1-2H3,(H,25,27)(H,26,28). The molecule has 6 nitrogen and oxygen atoms in total. The highest BCUT2D eigenvalue weighted by atomic mass is 16.5. The Labute approximate surface area is 174 Å². The summed E-state index contributed by atoms with van der Waals surface area (Å²) in [5.74, 6) is 0.539. The van der Waals surface area contributed by atoms with Gasteiger partial charge in [-0.05, 0) is 37.1 Å². The molecule has 3 aromatic rings. The Balaban J connectivity index is 1.44. The van der Waals surface area contributed by atoms with E-state index < -0.39 is 11.8 Å². The minimum Gasteiger partial charge on any atom is -0.483 e. The van der Waals surface area contributed by atoms with Gasteiger partial charge in [0, 0.05) is 11.1 Å². The van der Waals surface area contributed by atoms with Gasteiger partial charge in [-0.1, -0.05) is 54.6 Å². The van der Waals surface area contributed by atoms with E-state index in [2.05, 4.69) is 10.9 Å². The highest BCUT2D eigenvalue weighted by Gasteiger charge is 2.32. The van der Waals surface area contributed by atoms with Gasteiger partial charge in [0.25, 0.3) is 11.8 Å². The Bertz CT molecular complexity index is 1040. The van der Waals surface area contributed by atoms with Crippen LogP contribution >= 0.6 is 0 Å². The molecule has 0 saturated heterocycles. The molecule has 6 heteroatoms. The number of amides is 2. The number of carbonyl (C=O) groups excluding carboxylic acids is 2. The molecule has 3 aromatic carbocycles. The third-order valence-corrected chi connectivity index (χ3v) is 5.02. The van der Waals surface area contributed by atoms with Crippen molar-refractivity contribution in [1.29, 1.82) is 0 Å². The summed E-state index contributed by atoms with van der Waals surface area (Å²) in [7, 11) is 0. The second-order valence-corrected chi connectivity index (χ2v) is 7.16. The molecule has 1 heterocycles. The van der Waals surface area contributed by atoms with Crippen LogP contribution < -0.4 is 20.3 Å². The van der Waals surface area contributed by atoms with Gasteiger partial charge in [-0.3, -0.25) is 20.4 Å². The quantitative estimate of drug-likeness (QED) is 0.652. The summed E-state index contributed by atoms with van der Waals surface area (Å²) in [5.41, 5.74) is 8.35. The minimum absolute atomic E-state index is 0.201. The first-order chi connectivity index (χ1) is 14.5. The van der Waals surface area contributed by atoms with Crippen molar-refractivity contribution < 1.29 is 19.1 Å². The molecule has 0 fully saturated rings. The lowest BCUT2D eigenvalue weighted by Crippen LogP contribution is -2.46. The van der Waals surface area contributed by atoms with E-state index in [-0.39, 0.29) is 12.5 Å². The second-order valence-electron chi connectivity index (χ2n) is 7.16. The molecule has 0 unspecified atom stereocenters. The van der Waals surface area contributed by atoms with Crippen LogP contribution in [0.1, 0.15) is 28.2 Å². The summed E-state index contributed by atoms with van der Waals surface area (Å²) in [4.78, 5) is 25.2. The van der Waals surface area contributed by atoms with E-state index in [1.54, 1.807) is 0 Å². The molecule has 0 aromatic heterocycles. The van der Waals surface area contributed by atoms with Crippen LogP contribution in [0.4, 0.5) is 0 Å². The number of benzene rings is 3. The van der Waals surface area contributed by atoms with E-state index >= 15 is 0 Å². The number of nitrogens with one attached hydrogen (secondary N) is 2. The number of rotatable bonds is 4. The monoisotopic (exact) mass is 402 g/mol. The fourth-order valence-corrected chi connectivity index (χ4v) is 3.60. The molecule has 0 radical (unpaired) electrons. The lowest BCUT2D eigenvalue weighted by molar-refractivity contribution is -0.130. The molecule has 1 aliphatic heterocycles. The van der Waals surface area contributed by atoms with Crippen molar-refractivity contribution in [2.24, 2.45) is 0 Å². The van der Waals surface area contributed by atoms with Gasteiger partial charge in [-0.25, -0.2) is 0 Å². The Morgan fingerprint density at radius 2 is 1.40 bits per heavy atom. The molecule has 2 N–H and O–H groups in total. The second kappa shape index (κ2) is 8.29. The number of ether oxygens (including phenoxy) is 2. The number of hydrogen-bond donors (Lipinski definition) is 2. The van der Waals surface area contributed by atoms with E-state index in [4.69, 9.17) is 9.47 Å². The van der Waals surface area contributed by atoms with Gasteiger partial charge in [0.2, 0.25) is 0 Å². The number of para-hydroxylation sites is 3. The maximum absolute atomic E-state index is 13.0. The van der Waals surface area contributed by atoms with Gasteiger partial charge < -0.3 is 9.47 Å². The van der Waals surface area contributed by atoms with Gasteiger partial charge in [-0.15, -0.1) is 0 Å². The highest BCUT2D eigenvalue weighted by Crippen LogP contribution is 2.43. The minimum atomic E-state index is -0.592. The van der Waals surface area contributed by atoms with Crippen LogP contribution in [0.15, 0.2) is 66.7 Å². The summed E-state index contributed by atoms with van der Waals surface area (Å²) in [6.07, 6.45) is 0. The lowest BCUT2D eigenvalue weighted by Gasteiger charge is -2.27. The third kappa shape index (κ3) is 3.85. The van der Waals surface area contributed by atoms with Crippen LogP contribution in [0, 0.1) is 13.8 Å². The smallest absolute Gasteiger partial charge is 0.276 e. The molecule has 4 rings (SSSR count). The third-order valence-electron chi connectivity index (χ3n) is 5.02. The van der Waals surface area contributed by atoms with Crippen molar-refractivity contribution in [2.75, 3.05) is 6.61 Å². The molecule has 1 aliphatic rings. The topological polar surface area (TPSA) is 76.7 Å². The van der Waals surface area contributed by atoms with Gasteiger partial charge in [0.15, 0.2) is 6.61 Å². The van der Waals surface area contributed by atoms with Crippen LogP contribution in [0.5, 0.6) is 17.2 Å². The van der Waals surface area contributed by atoms with Crippen molar-refractivity contribution in [3.05, 3.63) is 89.0 Å². The van der Waals surface area contributed by atoms with Crippen molar-refractivity contribution >= 4 is 11.8 Å². The predicted octanol–water partition coefficient (Wildman–Crippen LogP) is 3.77. The first kappa shape index (κ1) is 19.5. The zero-order valence-corrected chi connectivity index (χ0v) is 16.8. The van der Waals surface area contributed by atoms with Crippen molar-refractivity contribution in [3.8, 4) is 17.2 Å². The summed E-state index contributed by atoms with van der Waals surface area (Å²) >= 11 is 0. The van der Waals surface area contributed by atoms with Gasteiger partial charge in [0.1, 0.15) is 17.2 Å². The highest BCUT2D eigenvalue weighted by molar-refractivity contribution is 5.91. The van der Waals surface area contributed by atoms with Crippen LogP contribution in [0.3, 0.4) is 0 Å². The van der Waals surface area contributed by atoms with Gasteiger partial charge in [-0.2, -0.15) is 0 Å². The van der Waals surface area contributed by atoms with Crippen molar-refractivity contribution in [3.63, 3.8) is 0 Å². The van der Waals surface area contributed by atoms with Gasteiger partial charge in [0.05, 0.1) is 5.92 Å². The molecule has 2 amide bonds. The normalized spacial score (nSPS) is 12.2. The molecular formula is C24H22N2O4. The summed E-state index contributed by atoms with van der Waals surface area (Å²) < 4.78 is 11.5. The molecular weight excluding hydrogens is 380 g/mol. The van der Waals surface area contributed by atoms with E-state index in [0.717, 1.165) is 22.3 Å². The van der Waals surface area contributed by atoms with E-state index in [9.17, 15) is 9.59 Å². The van der Waals surface area contributed by atoms with E-state index in [0.29, 0.717) is 17.2 Å². The fraction of sp³-hybridized carbons (Fsp3) is 0.167. The summed E-state index contributed by atoms with van der Waals surface area (Å²) in [5, 5.41) is 0. The summed E-state index contributed by atoms with van der Waals surface area (Å²) in [6, 6.07) is 20.5. The van der Waals surface area contributed by atoms with Crippen LogP contribution in [0.25, 0.3) is 0 Å². The maximum Gasteiger partial charge on any atom is 0.276 e. The molecule has 0 aliphatic carbocycles. The maximum atomic E-state index is 13.0. The summed E-state index contributed by atoms with van der Waals surface area (Å²) in [6.45, 7) is 3.64. The Hall–Kier alpha value is -3.80. The number of fused-ring (bicyclic) bond motifs is 2. The average Bonchev–Trinajstić information content (AvgIpc) is 2.75. The predicted molar refractivity (Wildman–Crippen MR) is 112 cm³/mol. The van der Waals surface area contributed by atoms with Gasteiger partial charge >= 0.3 is 0 Å². The average molecular weight is 402 g/mol. The molecule has 0 spiro atoms. The van der Waals surface area contributed by atoms with Crippen LogP contribution in [-0.4, -0.2) is 18.4 Å². The largest absolute Gasteiger partial charge is 0.483 e. The Morgan fingerprint density at radius 1 is 0.833 bits per heavy atom. The molecule has 30 heavy (non-hydrogen) atoms. The first-order valence-electron chi connectivity index (χ1n) is 9.68. The molecule has 0 atom stereocenters. The Morgan fingerprint density at radius 3 is 2.00 bits per heavy atom. The zero-order chi connectivity index (χ0) is 21.1. The van der Waals surface area contributed by atoms with Crippen molar-refractivity contribution in [2.45, 2.75) is 19.8 Å². The zero-order valence-electron chi connectivity index (χ0n) is 16.8. The van der Waals surface area contributed by atoms with E-state index in [1.165, 1.54) is 0 Å². The molecule has 152 valence electrons. The van der Waals surface area contributed by atoms with Crippen LogP contribution in [0.2, 0.25) is 0 Å². The first-order valence-corrected chi connectivity index (χ1v) is 9.68. The van der Waals surface area contributed by atoms with E-state index in [1.807, 2.05) is 80.6 Å². The van der Waals surface area contributed by atoms with Crippen molar-refractivity contribution in [1.82, 2.24) is 10.9 Å². The number of hydrogen-bond acceptors (Lipinski definition) is 4. The molecule has 0 saturated carbocycles. The molecule has 0 bridgehead atoms. The number of hydrazine groups is 1. The number of aryl methyl sites for hydroxylation is 2. The lowest BCUT2D eigenvalue weighted by atomic mass is 9.87. The fourth-order valence-electron chi connectivity index (χ4n) is 3.60.